The Bertz CT molecular complexity index is 408. The van der Waals surface area contributed by atoms with E-state index in [2.05, 4.69) is 24.0 Å². The molecule has 124 valence electrons. The van der Waals surface area contributed by atoms with Crippen LogP contribution in [0.3, 0.4) is 0 Å². The van der Waals surface area contributed by atoms with Gasteiger partial charge in [0.25, 0.3) is 0 Å². The van der Waals surface area contributed by atoms with E-state index in [0.717, 1.165) is 25.9 Å². The summed E-state index contributed by atoms with van der Waals surface area (Å²) in [4.78, 5) is 0. The molecule has 0 aromatic rings. The van der Waals surface area contributed by atoms with Crippen LogP contribution in [0.5, 0.6) is 0 Å². The van der Waals surface area contributed by atoms with Gasteiger partial charge in [0.15, 0.2) is 0 Å². The molecule has 0 spiro atoms. The maximum absolute atomic E-state index is 11.8. The second-order valence-corrected chi connectivity index (χ2v) is 9.76. The van der Waals surface area contributed by atoms with Crippen molar-refractivity contribution in [3.05, 3.63) is 0 Å². The minimum atomic E-state index is -3.02. The first kappa shape index (κ1) is 17.6. The van der Waals surface area contributed by atoms with E-state index in [1.54, 1.807) is 4.31 Å². The van der Waals surface area contributed by atoms with Crippen LogP contribution in [0.2, 0.25) is 0 Å². The fourth-order valence-electron chi connectivity index (χ4n) is 3.59. The molecule has 0 radical (unpaired) electrons. The number of piperidine rings is 1. The summed E-state index contributed by atoms with van der Waals surface area (Å²) in [5.41, 5.74) is 0. The molecule has 6 heteroatoms. The van der Waals surface area contributed by atoms with Crippen molar-refractivity contribution in [1.29, 1.82) is 0 Å². The monoisotopic (exact) mass is 334 g/mol. The Morgan fingerprint density at radius 2 is 2.10 bits per heavy atom. The zero-order chi connectivity index (χ0) is 15.3. The number of hydrogen-bond donors (Lipinski definition) is 1. The lowest BCUT2D eigenvalue weighted by Gasteiger charge is -2.36. The molecular formula is C15H30N2O2S2. The standard InChI is InChI=1S/C15H30N2O2S2/c1-3-16-14(15-8-4-5-10-20-15)11-13-7-6-9-17(12-13)21(2,18)19/h13-16H,3-12H2,1-2H3. The molecule has 0 amide bonds. The Hall–Kier alpha value is 0.220. The molecule has 0 aromatic heterocycles. The number of nitrogens with zero attached hydrogens (tertiary/aromatic N) is 1. The largest absolute Gasteiger partial charge is 0.313 e. The zero-order valence-electron chi connectivity index (χ0n) is 13.4. The van der Waals surface area contributed by atoms with E-state index < -0.39 is 10.0 Å². The SMILES string of the molecule is CCNC(CC1CCCN(S(C)(=O)=O)C1)C1CCCCS1. The summed E-state index contributed by atoms with van der Waals surface area (Å²) in [6.07, 6.45) is 8.65. The summed E-state index contributed by atoms with van der Waals surface area (Å²) >= 11 is 2.11. The first-order valence-electron chi connectivity index (χ1n) is 8.30. The van der Waals surface area contributed by atoms with Crippen LogP contribution in [-0.4, -0.2) is 55.7 Å². The van der Waals surface area contributed by atoms with E-state index in [1.165, 1.54) is 37.7 Å². The first-order valence-corrected chi connectivity index (χ1v) is 11.2. The average Bonchev–Trinajstić information content (AvgIpc) is 2.47. The van der Waals surface area contributed by atoms with Gasteiger partial charge >= 0.3 is 0 Å². The highest BCUT2D eigenvalue weighted by atomic mass is 32.2. The zero-order valence-corrected chi connectivity index (χ0v) is 15.0. The van der Waals surface area contributed by atoms with Gasteiger partial charge < -0.3 is 5.32 Å². The summed E-state index contributed by atoms with van der Waals surface area (Å²) in [5.74, 6) is 1.80. The van der Waals surface area contributed by atoms with Crippen molar-refractivity contribution in [2.24, 2.45) is 5.92 Å². The molecule has 0 saturated carbocycles. The van der Waals surface area contributed by atoms with Gasteiger partial charge in [0, 0.05) is 24.4 Å². The summed E-state index contributed by atoms with van der Waals surface area (Å²) < 4.78 is 25.2. The maximum atomic E-state index is 11.8. The Labute approximate surface area is 134 Å². The minimum absolute atomic E-state index is 0.514. The molecule has 1 N–H and O–H groups in total. The van der Waals surface area contributed by atoms with Gasteiger partial charge in [-0.25, -0.2) is 12.7 Å². The molecule has 3 unspecified atom stereocenters. The third kappa shape index (κ3) is 5.41. The molecule has 2 aliphatic rings. The van der Waals surface area contributed by atoms with Crippen molar-refractivity contribution in [2.45, 2.75) is 56.7 Å². The molecule has 3 atom stereocenters. The van der Waals surface area contributed by atoms with E-state index in [9.17, 15) is 8.42 Å². The quantitative estimate of drug-likeness (QED) is 0.810. The van der Waals surface area contributed by atoms with Gasteiger partial charge in [0.2, 0.25) is 10.0 Å². The van der Waals surface area contributed by atoms with E-state index in [0.29, 0.717) is 23.8 Å². The average molecular weight is 335 g/mol. The predicted molar refractivity (Wildman–Crippen MR) is 91.3 cm³/mol. The number of rotatable bonds is 6. The molecular weight excluding hydrogens is 304 g/mol. The number of sulfonamides is 1. The van der Waals surface area contributed by atoms with Crippen LogP contribution >= 0.6 is 11.8 Å². The fourth-order valence-corrected chi connectivity index (χ4v) is 5.98. The molecule has 0 aliphatic carbocycles. The molecule has 0 aromatic carbocycles. The van der Waals surface area contributed by atoms with Gasteiger partial charge in [-0.05, 0) is 50.3 Å². The molecule has 2 fully saturated rings. The Balaban J connectivity index is 1.92. The molecule has 2 rings (SSSR count). The third-order valence-electron chi connectivity index (χ3n) is 4.67. The van der Waals surface area contributed by atoms with Gasteiger partial charge in [-0.2, -0.15) is 11.8 Å². The van der Waals surface area contributed by atoms with Gasteiger partial charge in [-0.1, -0.05) is 13.3 Å². The van der Waals surface area contributed by atoms with Crippen molar-refractivity contribution in [3.8, 4) is 0 Å². The second-order valence-electron chi connectivity index (χ2n) is 6.43. The highest BCUT2D eigenvalue weighted by Crippen LogP contribution is 2.32. The minimum Gasteiger partial charge on any atom is -0.313 e. The predicted octanol–water partition coefficient (Wildman–Crippen LogP) is 2.31. The van der Waals surface area contributed by atoms with Crippen LogP contribution in [0.4, 0.5) is 0 Å². The Morgan fingerprint density at radius 3 is 2.71 bits per heavy atom. The molecule has 2 aliphatic heterocycles. The van der Waals surface area contributed by atoms with E-state index in [4.69, 9.17) is 0 Å². The lowest BCUT2D eigenvalue weighted by atomic mass is 9.90. The number of nitrogens with one attached hydrogen (secondary N) is 1. The van der Waals surface area contributed by atoms with Crippen LogP contribution in [0.15, 0.2) is 0 Å². The van der Waals surface area contributed by atoms with Crippen molar-refractivity contribution < 1.29 is 8.42 Å². The molecule has 4 nitrogen and oxygen atoms in total. The summed E-state index contributed by atoms with van der Waals surface area (Å²) in [5, 5.41) is 4.38. The molecule has 21 heavy (non-hydrogen) atoms. The van der Waals surface area contributed by atoms with E-state index >= 15 is 0 Å². The van der Waals surface area contributed by atoms with Crippen LogP contribution in [0.1, 0.15) is 45.4 Å². The fraction of sp³-hybridized carbons (Fsp3) is 1.00. The smallest absolute Gasteiger partial charge is 0.211 e. The maximum Gasteiger partial charge on any atom is 0.211 e. The summed E-state index contributed by atoms with van der Waals surface area (Å²) in [6, 6.07) is 0.546. The highest BCUT2D eigenvalue weighted by molar-refractivity contribution is 8.00. The van der Waals surface area contributed by atoms with Crippen molar-refractivity contribution in [1.82, 2.24) is 9.62 Å². The lowest BCUT2D eigenvalue weighted by Crippen LogP contribution is -2.45. The Morgan fingerprint density at radius 1 is 1.29 bits per heavy atom. The molecule has 2 saturated heterocycles. The number of thioether (sulfide) groups is 1. The van der Waals surface area contributed by atoms with Crippen LogP contribution in [-0.2, 0) is 10.0 Å². The Kier molecular flexibility index (Phi) is 6.84. The summed E-state index contributed by atoms with van der Waals surface area (Å²) in [6.45, 7) is 4.60. The number of hydrogen-bond acceptors (Lipinski definition) is 4. The van der Waals surface area contributed by atoms with E-state index in [1.807, 2.05) is 0 Å². The molecule has 2 heterocycles. The van der Waals surface area contributed by atoms with Gasteiger partial charge in [-0.15, -0.1) is 0 Å². The van der Waals surface area contributed by atoms with E-state index in [-0.39, 0.29) is 0 Å². The van der Waals surface area contributed by atoms with Crippen LogP contribution in [0, 0.1) is 5.92 Å². The third-order valence-corrected chi connectivity index (χ3v) is 7.45. The second kappa shape index (κ2) is 8.18. The highest BCUT2D eigenvalue weighted by Gasteiger charge is 2.30. The lowest BCUT2D eigenvalue weighted by molar-refractivity contribution is 0.235. The first-order chi connectivity index (χ1) is 10.0. The van der Waals surface area contributed by atoms with Crippen LogP contribution in [0.25, 0.3) is 0 Å². The van der Waals surface area contributed by atoms with Gasteiger partial charge in [0.05, 0.1) is 6.26 Å². The van der Waals surface area contributed by atoms with Gasteiger partial charge in [0.1, 0.15) is 0 Å². The normalized spacial score (nSPS) is 30.2. The van der Waals surface area contributed by atoms with Crippen molar-refractivity contribution in [3.63, 3.8) is 0 Å². The van der Waals surface area contributed by atoms with Crippen molar-refractivity contribution >= 4 is 21.8 Å². The summed E-state index contributed by atoms with van der Waals surface area (Å²) in [7, 11) is -3.02. The van der Waals surface area contributed by atoms with Gasteiger partial charge in [-0.3, -0.25) is 0 Å². The van der Waals surface area contributed by atoms with Crippen molar-refractivity contribution in [2.75, 3.05) is 31.6 Å². The molecule has 0 bridgehead atoms. The van der Waals surface area contributed by atoms with Crippen LogP contribution < -0.4 is 5.32 Å². The topological polar surface area (TPSA) is 49.4 Å².